The number of benzene rings is 2. The zero-order valence-electron chi connectivity index (χ0n) is 16.1. The van der Waals surface area contributed by atoms with Crippen LogP contribution in [0.25, 0.3) is 10.9 Å². The third kappa shape index (κ3) is 3.80. The van der Waals surface area contributed by atoms with E-state index in [1.807, 2.05) is 12.1 Å². The highest BCUT2D eigenvalue weighted by molar-refractivity contribution is 7.98. The van der Waals surface area contributed by atoms with E-state index < -0.39 is 10.8 Å². The van der Waals surface area contributed by atoms with Crippen LogP contribution in [0.1, 0.15) is 47.6 Å². The Kier molecular flexibility index (Phi) is 5.54. The standard InChI is InChI=1S/C21H20N4O4S/c22-19(26)13-9-10-14(18(11-13)25(28)29)12-30-21-23-17-8-4-3-7-16(17)20(27)24(21)15-5-1-2-6-15/h3-4,7-11,15H,1-2,5-6,12H2,(H2,22,26). The Labute approximate surface area is 176 Å². The molecule has 1 heterocycles. The Morgan fingerprint density at radius 2 is 1.97 bits per heavy atom. The molecule has 0 bridgehead atoms. The summed E-state index contributed by atoms with van der Waals surface area (Å²) < 4.78 is 1.75. The summed E-state index contributed by atoms with van der Waals surface area (Å²) >= 11 is 1.29. The van der Waals surface area contributed by atoms with Gasteiger partial charge in [-0.3, -0.25) is 24.3 Å². The Balaban J connectivity index is 1.74. The van der Waals surface area contributed by atoms with Gasteiger partial charge in [-0.1, -0.05) is 42.8 Å². The van der Waals surface area contributed by atoms with Crippen LogP contribution in [0.4, 0.5) is 5.69 Å². The molecule has 0 unspecified atom stereocenters. The van der Waals surface area contributed by atoms with E-state index in [0.29, 0.717) is 21.6 Å². The van der Waals surface area contributed by atoms with Crippen LogP contribution in [0.5, 0.6) is 0 Å². The van der Waals surface area contributed by atoms with Gasteiger partial charge in [0.2, 0.25) is 5.91 Å². The molecule has 1 aliphatic rings. The van der Waals surface area contributed by atoms with Crippen molar-refractivity contribution in [2.75, 3.05) is 0 Å². The number of amides is 1. The van der Waals surface area contributed by atoms with Gasteiger partial charge in [-0.15, -0.1) is 0 Å². The molecule has 0 aliphatic heterocycles. The second-order valence-corrected chi connectivity index (χ2v) is 8.22. The third-order valence-electron chi connectivity index (χ3n) is 5.39. The summed E-state index contributed by atoms with van der Waals surface area (Å²) in [6.07, 6.45) is 3.96. The van der Waals surface area contributed by atoms with Gasteiger partial charge in [0.05, 0.1) is 15.8 Å². The lowest BCUT2D eigenvalue weighted by Gasteiger charge is -2.18. The number of nitro groups is 1. The Bertz CT molecular complexity index is 1200. The van der Waals surface area contributed by atoms with Crippen molar-refractivity contribution in [1.29, 1.82) is 0 Å². The molecule has 0 saturated heterocycles. The first kappa shape index (κ1) is 20.1. The lowest BCUT2D eigenvalue weighted by Crippen LogP contribution is -2.26. The molecule has 9 heteroatoms. The first-order valence-electron chi connectivity index (χ1n) is 9.67. The number of nitrogens with two attached hydrogens (primary N) is 1. The fourth-order valence-corrected chi connectivity index (χ4v) is 4.93. The molecule has 154 valence electrons. The average molecular weight is 424 g/mol. The summed E-state index contributed by atoms with van der Waals surface area (Å²) in [5.74, 6) is -0.476. The minimum Gasteiger partial charge on any atom is -0.366 e. The highest BCUT2D eigenvalue weighted by atomic mass is 32.2. The van der Waals surface area contributed by atoms with Crippen molar-refractivity contribution in [3.63, 3.8) is 0 Å². The summed E-state index contributed by atoms with van der Waals surface area (Å²) in [5, 5.41) is 12.6. The maximum absolute atomic E-state index is 13.2. The molecule has 30 heavy (non-hydrogen) atoms. The molecule has 8 nitrogen and oxygen atoms in total. The fraction of sp³-hybridized carbons (Fsp3) is 0.286. The molecule has 1 fully saturated rings. The fourth-order valence-electron chi connectivity index (χ4n) is 3.86. The third-order valence-corrected chi connectivity index (χ3v) is 6.39. The maximum Gasteiger partial charge on any atom is 0.274 e. The van der Waals surface area contributed by atoms with Crippen LogP contribution < -0.4 is 11.3 Å². The Morgan fingerprint density at radius 1 is 1.23 bits per heavy atom. The summed E-state index contributed by atoms with van der Waals surface area (Å²) in [7, 11) is 0. The molecule has 1 amide bonds. The van der Waals surface area contributed by atoms with Crippen molar-refractivity contribution in [1.82, 2.24) is 9.55 Å². The van der Waals surface area contributed by atoms with Crippen LogP contribution in [-0.2, 0) is 5.75 Å². The first-order valence-corrected chi connectivity index (χ1v) is 10.7. The Hall–Kier alpha value is -3.20. The lowest BCUT2D eigenvalue weighted by atomic mass is 10.1. The molecule has 0 radical (unpaired) electrons. The summed E-state index contributed by atoms with van der Waals surface area (Å²) in [5.41, 5.74) is 6.13. The molecule has 3 aromatic rings. The predicted molar refractivity (Wildman–Crippen MR) is 115 cm³/mol. The highest BCUT2D eigenvalue weighted by Gasteiger charge is 2.24. The van der Waals surface area contributed by atoms with Gasteiger partial charge in [-0.25, -0.2) is 4.98 Å². The van der Waals surface area contributed by atoms with E-state index in [0.717, 1.165) is 25.7 Å². The molecular formula is C21H20N4O4S. The summed E-state index contributed by atoms with van der Waals surface area (Å²) in [4.78, 5) is 40.2. The van der Waals surface area contributed by atoms with Gasteiger partial charge in [0.1, 0.15) is 0 Å². The number of hydrogen-bond acceptors (Lipinski definition) is 6. The Morgan fingerprint density at radius 3 is 2.67 bits per heavy atom. The van der Waals surface area contributed by atoms with E-state index in [4.69, 9.17) is 10.7 Å². The van der Waals surface area contributed by atoms with E-state index in [-0.39, 0.29) is 28.6 Å². The van der Waals surface area contributed by atoms with Gasteiger partial charge in [0, 0.05) is 29.0 Å². The van der Waals surface area contributed by atoms with Crippen LogP contribution >= 0.6 is 11.8 Å². The van der Waals surface area contributed by atoms with E-state index in [1.54, 1.807) is 16.7 Å². The van der Waals surface area contributed by atoms with Crippen LogP contribution in [0.15, 0.2) is 52.4 Å². The van der Waals surface area contributed by atoms with Gasteiger partial charge >= 0.3 is 0 Å². The summed E-state index contributed by atoms with van der Waals surface area (Å²) in [6.45, 7) is 0. The number of primary amides is 1. The van der Waals surface area contributed by atoms with Crippen LogP contribution in [0, 0.1) is 10.1 Å². The first-order chi connectivity index (χ1) is 14.5. The van der Waals surface area contributed by atoms with E-state index >= 15 is 0 Å². The van der Waals surface area contributed by atoms with Crippen molar-refractivity contribution >= 4 is 34.3 Å². The van der Waals surface area contributed by atoms with Crippen molar-refractivity contribution < 1.29 is 9.72 Å². The van der Waals surface area contributed by atoms with Crippen LogP contribution in [-0.4, -0.2) is 20.4 Å². The number of aromatic nitrogens is 2. The molecule has 1 aliphatic carbocycles. The van der Waals surface area contributed by atoms with E-state index in [2.05, 4.69) is 0 Å². The van der Waals surface area contributed by atoms with Crippen molar-refractivity contribution in [2.24, 2.45) is 5.73 Å². The zero-order chi connectivity index (χ0) is 21.3. The number of thioether (sulfide) groups is 1. The van der Waals surface area contributed by atoms with Gasteiger partial charge in [0.25, 0.3) is 11.2 Å². The molecule has 0 atom stereocenters. The van der Waals surface area contributed by atoms with Crippen molar-refractivity contribution in [3.05, 3.63) is 74.1 Å². The van der Waals surface area contributed by atoms with E-state index in [1.165, 1.54) is 30.0 Å². The second-order valence-electron chi connectivity index (χ2n) is 7.28. The topological polar surface area (TPSA) is 121 Å². The number of fused-ring (bicyclic) bond motifs is 1. The van der Waals surface area contributed by atoms with Crippen molar-refractivity contribution in [2.45, 2.75) is 42.6 Å². The maximum atomic E-state index is 13.2. The number of nitrogens with zero attached hydrogens (tertiary/aromatic N) is 3. The second kappa shape index (κ2) is 8.27. The average Bonchev–Trinajstić information content (AvgIpc) is 3.26. The SMILES string of the molecule is NC(=O)c1ccc(CSc2nc3ccccc3c(=O)n2C2CCCC2)c([N+](=O)[O-])c1. The monoisotopic (exact) mass is 424 g/mol. The molecule has 1 saturated carbocycles. The van der Waals surface area contributed by atoms with Gasteiger partial charge in [-0.05, 0) is 31.0 Å². The molecular weight excluding hydrogens is 404 g/mol. The highest BCUT2D eigenvalue weighted by Crippen LogP contribution is 2.34. The number of carbonyl (C=O) groups is 1. The quantitative estimate of drug-likeness (QED) is 0.278. The molecule has 4 rings (SSSR count). The minimum absolute atomic E-state index is 0.0754. The lowest BCUT2D eigenvalue weighted by molar-refractivity contribution is -0.385. The minimum atomic E-state index is -0.719. The van der Waals surface area contributed by atoms with Gasteiger partial charge < -0.3 is 5.73 Å². The molecule has 0 spiro atoms. The number of hydrogen-bond donors (Lipinski definition) is 1. The van der Waals surface area contributed by atoms with Crippen LogP contribution in [0.3, 0.4) is 0 Å². The molecule has 2 aromatic carbocycles. The smallest absolute Gasteiger partial charge is 0.274 e. The van der Waals surface area contributed by atoms with Crippen molar-refractivity contribution in [3.8, 4) is 0 Å². The molecule has 2 N–H and O–H groups in total. The number of para-hydroxylation sites is 1. The zero-order valence-corrected chi connectivity index (χ0v) is 16.9. The summed E-state index contributed by atoms with van der Waals surface area (Å²) in [6, 6.07) is 11.5. The van der Waals surface area contributed by atoms with Crippen LogP contribution in [0.2, 0.25) is 0 Å². The number of nitro benzene ring substituents is 1. The van der Waals surface area contributed by atoms with E-state index in [9.17, 15) is 19.7 Å². The normalized spacial score (nSPS) is 14.3. The predicted octanol–water partition coefficient (Wildman–Crippen LogP) is 3.81. The largest absolute Gasteiger partial charge is 0.366 e. The number of carbonyl (C=O) groups excluding carboxylic acids is 1. The number of rotatable bonds is 6. The van der Waals surface area contributed by atoms with Gasteiger partial charge in [0.15, 0.2) is 5.16 Å². The molecule has 1 aromatic heterocycles. The van der Waals surface area contributed by atoms with Gasteiger partial charge in [-0.2, -0.15) is 0 Å².